The Labute approximate surface area is 161 Å². The van der Waals surface area contributed by atoms with Gasteiger partial charge in [0.1, 0.15) is 0 Å². The van der Waals surface area contributed by atoms with E-state index in [0.717, 1.165) is 13.0 Å². The maximum atomic E-state index is 12.7. The summed E-state index contributed by atoms with van der Waals surface area (Å²) < 4.78 is 10.5. The van der Waals surface area contributed by atoms with Crippen molar-refractivity contribution >= 4 is 11.8 Å². The smallest absolute Gasteiger partial charge is 0.253 e. The minimum absolute atomic E-state index is 0.0150. The summed E-state index contributed by atoms with van der Waals surface area (Å²) >= 11 is 0. The number of benzene rings is 1. The third-order valence-electron chi connectivity index (χ3n) is 4.86. The molecule has 0 bridgehead atoms. The number of rotatable bonds is 8. The van der Waals surface area contributed by atoms with Crippen LogP contribution in [0.15, 0.2) is 18.2 Å². The lowest BCUT2D eigenvalue weighted by atomic mass is 9.95. The molecule has 7 nitrogen and oxygen atoms in total. The molecule has 0 saturated carbocycles. The Balaban J connectivity index is 1.84. The second-order valence-electron chi connectivity index (χ2n) is 7.08. The van der Waals surface area contributed by atoms with Crippen molar-refractivity contribution in [3.8, 4) is 11.5 Å². The Hall–Kier alpha value is -2.28. The molecule has 1 fully saturated rings. The molecule has 1 N–H and O–H groups in total. The van der Waals surface area contributed by atoms with Crippen LogP contribution in [0.25, 0.3) is 0 Å². The second-order valence-corrected chi connectivity index (χ2v) is 7.08. The molecule has 1 aliphatic heterocycles. The molecule has 1 heterocycles. The van der Waals surface area contributed by atoms with E-state index in [9.17, 15) is 9.59 Å². The van der Waals surface area contributed by atoms with E-state index in [2.05, 4.69) is 10.2 Å². The zero-order valence-electron chi connectivity index (χ0n) is 16.8. The van der Waals surface area contributed by atoms with Gasteiger partial charge in [0, 0.05) is 31.1 Å². The van der Waals surface area contributed by atoms with Gasteiger partial charge in [-0.05, 0) is 58.1 Å². The van der Waals surface area contributed by atoms with E-state index in [4.69, 9.17) is 9.47 Å². The van der Waals surface area contributed by atoms with Crippen LogP contribution in [-0.2, 0) is 4.79 Å². The molecule has 0 atom stereocenters. The number of hydrogen-bond donors (Lipinski definition) is 1. The fourth-order valence-electron chi connectivity index (χ4n) is 3.25. The Morgan fingerprint density at radius 3 is 2.41 bits per heavy atom. The van der Waals surface area contributed by atoms with Crippen LogP contribution in [0.2, 0.25) is 0 Å². The quantitative estimate of drug-likeness (QED) is 0.697. The lowest BCUT2D eigenvalue weighted by Crippen LogP contribution is -2.43. The molecular weight excluding hydrogens is 346 g/mol. The van der Waals surface area contributed by atoms with E-state index in [1.54, 1.807) is 37.3 Å². The summed E-state index contributed by atoms with van der Waals surface area (Å²) in [7, 11) is 7.16. The van der Waals surface area contributed by atoms with E-state index in [0.29, 0.717) is 49.5 Å². The van der Waals surface area contributed by atoms with Gasteiger partial charge in [0.05, 0.1) is 14.2 Å². The normalized spacial score (nSPS) is 14.9. The number of nitrogens with one attached hydrogen (secondary N) is 1. The topological polar surface area (TPSA) is 71.1 Å². The first kappa shape index (κ1) is 21.0. The van der Waals surface area contributed by atoms with Crippen molar-refractivity contribution in [2.75, 3.05) is 54.5 Å². The number of amides is 2. The molecule has 0 unspecified atom stereocenters. The Kier molecular flexibility index (Phi) is 7.91. The number of methoxy groups -OCH3 is 2. The number of hydrogen-bond acceptors (Lipinski definition) is 5. The molecule has 0 radical (unpaired) electrons. The van der Waals surface area contributed by atoms with Gasteiger partial charge in [-0.15, -0.1) is 0 Å². The highest BCUT2D eigenvalue weighted by Gasteiger charge is 2.28. The van der Waals surface area contributed by atoms with E-state index in [1.807, 2.05) is 14.1 Å². The third-order valence-corrected chi connectivity index (χ3v) is 4.86. The molecule has 7 heteroatoms. The first-order valence-electron chi connectivity index (χ1n) is 9.40. The van der Waals surface area contributed by atoms with Crippen LogP contribution < -0.4 is 14.8 Å². The van der Waals surface area contributed by atoms with Gasteiger partial charge in [0.25, 0.3) is 5.91 Å². The number of carbonyl (C=O) groups excluding carboxylic acids is 2. The predicted molar refractivity (Wildman–Crippen MR) is 104 cm³/mol. The first-order chi connectivity index (χ1) is 13.0. The maximum Gasteiger partial charge on any atom is 0.253 e. The third kappa shape index (κ3) is 5.85. The number of nitrogens with zero attached hydrogens (tertiary/aromatic N) is 2. The minimum atomic E-state index is -0.0409. The fourth-order valence-corrected chi connectivity index (χ4v) is 3.25. The summed E-state index contributed by atoms with van der Waals surface area (Å²) in [5.74, 6) is 1.18. The maximum absolute atomic E-state index is 12.7. The van der Waals surface area contributed by atoms with Crippen molar-refractivity contribution < 1.29 is 19.1 Å². The largest absolute Gasteiger partial charge is 0.493 e. The lowest BCUT2D eigenvalue weighted by Gasteiger charge is -2.31. The molecule has 0 spiro atoms. The standard InChI is InChI=1S/C20H31N3O4/c1-22(2)11-5-10-21-19(24)15-8-12-23(13-9-15)20(25)16-6-7-17(26-3)18(14-16)27-4/h6-7,14-15H,5,8-13H2,1-4H3,(H,21,24). The van der Waals surface area contributed by atoms with Gasteiger partial charge in [-0.3, -0.25) is 9.59 Å². The average Bonchev–Trinajstić information content (AvgIpc) is 2.69. The van der Waals surface area contributed by atoms with Gasteiger partial charge in [-0.1, -0.05) is 0 Å². The molecule has 150 valence electrons. The highest BCUT2D eigenvalue weighted by Crippen LogP contribution is 2.28. The van der Waals surface area contributed by atoms with Crippen LogP contribution in [0, 0.1) is 5.92 Å². The molecule has 0 aliphatic carbocycles. The summed E-state index contributed by atoms with van der Waals surface area (Å²) in [6, 6.07) is 5.18. The van der Waals surface area contributed by atoms with E-state index in [-0.39, 0.29) is 17.7 Å². The van der Waals surface area contributed by atoms with Crippen molar-refractivity contribution in [3.63, 3.8) is 0 Å². The zero-order valence-corrected chi connectivity index (χ0v) is 16.8. The monoisotopic (exact) mass is 377 g/mol. The SMILES string of the molecule is COc1ccc(C(=O)N2CCC(C(=O)NCCCN(C)C)CC2)cc1OC. The first-order valence-corrected chi connectivity index (χ1v) is 9.40. The summed E-state index contributed by atoms with van der Waals surface area (Å²) in [6.07, 6.45) is 2.33. The van der Waals surface area contributed by atoms with Crippen LogP contribution in [-0.4, -0.2) is 76.1 Å². The minimum Gasteiger partial charge on any atom is -0.493 e. The number of likely N-dealkylation sites (tertiary alicyclic amines) is 1. The van der Waals surface area contributed by atoms with Crippen molar-refractivity contribution in [2.45, 2.75) is 19.3 Å². The highest BCUT2D eigenvalue weighted by molar-refractivity contribution is 5.95. The van der Waals surface area contributed by atoms with Gasteiger partial charge in [0.15, 0.2) is 11.5 Å². The summed E-state index contributed by atoms with van der Waals surface area (Å²) in [6.45, 7) is 2.83. The van der Waals surface area contributed by atoms with Crippen LogP contribution in [0.3, 0.4) is 0 Å². The van der Waals surface area contributed by atoms with Gasteiger partial charge in [0.2, 0.25) is 5.91 Å². The molecule has 1 aromatic rings. The molecule has 1 aromatic carbocycles. The van der Waals surface area contributed by atoms with Gasteiger partial charge >= 0.3 is 0 Å². The van der Waals surface area contributed by atoms with Gasteiger partial charge in [-0.2, -0.15) is 0 Å². The Bertz CT molecular complexity index is 640. The predicted octanol–water partition coefficient (Wildman–Crippen LogP) is 1.62. The second kappa shape index (κ2) is 10.2. The summed E-state index contributed by atoms with van der Waals surface area (Å²) in [4.78, 5) is 28.9. The molecule has 1 saturated heterocycles. The number of ether oxygens (including phenoxy) is 2. The lowest BCUT2D eigenvalue weighted by molar-refractivity contribution is -0.126. The Morgan fingerprint density at radius 1 is 1.15 bits per heavy atom. The molecule has 27 heavy (non-hydrogen) atoms. The van der Waals surface area contributed by atoms with Crippen molar-refractivity contribution in [1.82, 2.24) is 15.1 Å². The fraction of sp³-hybridized carbons (Fsp3) is 0.600. The van der Waals surface area contributed by atoms with Gasteiger partial charge < -0.3 is 24.6 Å². The van der Waals surface area contributed by atoms with Crippen LogP contribution >= 0.6 is 0 Å². The summed E-state index contributed by atoms with van der Waals surface area (Å²) in [5.41, 5.74) is 0.569. The average molecular weight is 377 g/mol. The molecule has 2 amide bonds. The molecule has 1 aliphatic rings. The van der Waals surface area contributed by atoms with E-state index in [1.165, 1.54) is 0 Å². The van der Waals surface area contributed by atoms with Crippen molar-refractivity contribution in [3.05, 3.63) is 23.8 Å². The van der Waals surface area contributed by atoms with E-state index >= 15 is 0 Å². The Morgan fingerprint density at radius 2 is 1.81 bits per heavy atom. The zero-order chi connectivity index (χ0) is 19.8. The number of piperidine rings is 1. The highest BCUT2D eigenvalue weighted by atomic mass is 16.5. The van der Waals surface area contributed by atoms with Crippen molar-refractivity contribution in [1.29, 1.82) is 0 Å². The van der Waals surface area contributed by atoms with E-state index < -0.39 is 0 Å². The summed E-state index contributed by atoms with van der Waals surface area (Å²) in [5, 5.41) is 3.01. The van der Waals surface area contributed by atoms with Crippen molar-refractivity contribution in [2.24, 2.45) is 5.92 Å². The van der Waals surface area contributed by atoms with Gasteiger partial charge in [-0.25, -0.2) is 0 Å². The van der Waals surface area contributed by atoms with Crippen LogP contribution in [0.4, 0.5) is 0 Å². The van der Waals surface area contributed by atoms with Crippen LogP contribution in [0.1, 0.15) is 29.6 Å². The molecular formula is C20H31N3O4. The van der Waals surface area contributed by atoms with Crippen LogP contribution in [0.5, 0.6) is 11.5 Å². The number of carbonyl (C=O) groups is 2. The molecule has 0 aromatic heterocycles. The molecule has 2 rings (SSSR count).